The van der Waals surface area contributed by atoms with Crippen LogP contribution in [0.1, 0.15) is 42.5 Å². The van der Waals surface area contributed by atoms with Gasteiger partial charge in [-0.1, -0.05) is 6.07 Å². The zero-order valence-corrected chi connectivity index (χ0v) is 14.8. The largest absolute Gasteiger partial charge is 0.311 e. The first-order valence-corrected chi connectivity index (χ1v) is 9.18. The van der Waals surface area contributed by atoms with Crippen LogP contribution in [0.5, 0.6) is 0 Å². The Kier molecular flexibility index (Phi) is 3.56. The molecule has 3 aromatic heterocycles. The van der Waals surface area contributed by atoms with Crippen LogP contribution < -0.4 is 5.32 Å². The predicted octanol–water partition coefficient (Wildman–Crippen LogP) is 2.27. The molecule has 0 bridgehead atoms. The summed E-state index contributed by atoms with van der Waals surface area (Å²) in [5, 5.41) is 7.75. The van der Waals surface area contributed by atoms with Crippen LogP contribution >= 0.6 is 0 Å². The zero-order chi connectivity index (χ0) is 17.7. The summed E-state index contributed by atoms with van der Waals surface area (Å²) in [6.45, 7) is 2.12. The molecule has 1 saturated heterocycles. The van der Waals surface area contributed by atoms with Crippen molar-refractivity contribution >= 4 is 17.4 Å². The molecule has 3 aromatic rings. The van der Waals surface area contributed by atoms with Crippen molar-refractivity contribution in [2.45, 2.75) is 31.2 Å². The number of carbonyl (C=O) groups excluding carboxylic acids is 1. The van der Waals surface area contributed by atoms with Crippen molar-refractivity contribution in [3.05, 3.63) is 48.0 Å². The van der Waals surface area contributed by atoms with Gasteiger partial charge >= 0.3 is 0 Å². The third-order valence-electron chi connectivity index (χ3n) is 5.68. The molecule has 0 radical (unpaired) electrons. The fraction of sp³-hybridized carbons (Fsp3) is 0.421. The van der Waals surface area contributed by atoms with Gasteiger partial charge in [-0.3, -0.25) is 4.79 Å². The van der Waals surface area contributed by atoms with Gasteiger partial charge in [-0.05, 0) is 45.1 Å². The van der Waals surface area contributed by atoms with Gasteiger partial charge in [0.1, 0.15) is 11.5 Å². The fourth-order valence-corrected chi connectivity index (χ4v) is 4.23. The molecule has 2 aliphatic heterocycles. The van der Waals surface area contributed by atoms with E-state index in [1.807, 2.05) is 41.5 Å². The Morgan fingerprint density at radius 1 is 1.19 bits per heavy atom. The van der Waals surface area contributed by atoms with Crippen molar-refractivity contribution < 1.29 is 4.79 Å². The summed E-state index contributed by atoms with van der Waals surface area (Å²) >= 11 is 0. The Morgan fingerprint density at radius 2 is 2.04 bits per heavy atom. The molecule has 1 fully saturated rings. The number of amides is 1. The molecule has 1 N–H and O–H groups in total. The van der Waals surface area contributed by atoms with Crippen LogP contribution in [0.3, 0.4) is 0 Å². The van der Waals surface area contributed by atoms with Gasteiger partial charge in [-0.25, -0.2) is 9.67 Å². The maximum absolute atomic E-state index is 12.5. The second-order valence-electron chi connectivity index (χ2n) is 7.34. The van der Waals surface area contributed by atoms with Crippen LogP contribution in [-0.4, -0.2) is 50.1 Å². The Labute approximate surface area is 151 Å². The minimum Gasteiger partial charge on any atom is -0.311 e. The molecule has 0 saturated carbocycles. The summed E-state index contributed by atoms with van der Waals surface area (Å²) < 4.78 is 4.11. The van der Waals surface area contributed by atoms with Gasteiger partial charge in [-0.2, -0.15) is 5.10 Å². The fourth-order valence-electron chi connectivity index (χ4n) is 4.23. The van der Waals surface area contributed by atoms with Gasteiger partial charge < -0.3 is 14.6 Å². The minimum atomic E-state index is -0.0174. The molecule has 0 aliphatic carbocycles. The molecule has 134 valence electrons. The molecule has 1 unspecified atom stereocenters. The monoisotopic (exact) mass is 350 g/mol. The third kappa shape index (κ3) is 2.42. The first kappa shape index (κ1) is 15.6. The van der Waals surface area contributed by atoms with E-state index in [1.54, 1.807) is 0 Å². The van der Waals surface area contributed by atoms with Crippen LogP contribution in [0.2, 0.25) is 0 Å². The smallest absolute Gasteiger partial charge is 0.226 e. The summed E-state index contributed by atoms with van der Waals surface area (Å²) in [5.41, 5.74) is 3.03. The third-order valence-corrected chi connectivity index (χ3v) is 5.68. The SMILES string of the molecule is CN1CCC(n2ncc3c2NC(=O)CC3c2cnc3ccccn23)CC1. The summed E-state index contributed by atoms with van der Waals surface area (Å²) in [5.74, 6) is 0.894. The summed E-state index contributed by atoms with van der Waals surface area (Å²) in [6, 6.07) is 6.29. The summed E-state index contributed by atoms with van der Waals surface area (Å²) in [4.78, 5) is 19.3. The van der Waals surface area contributed by atoms with Crippen LogP contribution in [0.25, 0.3) is 5.65 Å². The number of nitrogens with zero attached hydrogens (tertiary/aromatic N) is 5. The van der Waals surface area contributed by atoms with E-state index in [-0.39, 0.29) is 11.8 Å². The number of nitrogens with one attached hydrogen (secondary N) is 1. The predicted molar refractivity (Wildman–Crippen MR) is 98.3 cm³/mol. The number of hydrogen-bond donors (Lipinski definition) is 1. The topological polar surface area (TPSA) is 67.5 Å². The molecule has 2 aliphatic rings. The molecular formula is C19H22N6O. The maximum atomic E-state index is 12.5. The van der Waals surface area contributed by atoms with Crippen LogP contribution in [0.15, 0.2) is 36.8 Å². The first-order valence-electron chi connectivity index (χ1n) is 9.18. The van der Waals surface area contributed by atoms with Gasteiger partial charge in [-0.15, -0.1) is 0 Å². The quantitative estimate of drug-likeness (QED) is 0.770. The summed E-state index contributed by atoms with van der Waals surface area (Å²) in [7, 11) is 2.15. The number of aromatic nitrogens is 4. The number of fused-ring (bicyclic) bond motifs is 2. The molecule has 0 spiro atoms. The molecule has 5 rings (SSSR count). The molecule has 7 heteroatoms. The number of rotatable bonds is 2. The Bertz CT molecular complexity index is 965. The van der Waals surface area contributed by atoms with Crippen molar-refractivity contribution in [1.29, 1.82) is 0 Å². The van der Waals surface area contributed by atoms with Gasteiger partial charge in [0.25, 0.3) is 0 Å². The number of piperidine rings is 1. The van der Waals surface area contributed by atoms with E-state index in [1.165, 1.54) is 0 Å². The van der Waals surface area contributed by atoms with Crippen LogP contribution in [-0.2, 0) is 4.79 Å². The highest BCUT2D eigenvalue weighted by molar-refractivity contribution is 5.94. The van der Waals surface area contributed by atoms with Crippen molar-refractivity contribution in [2.24, 2.45) is 0 Å². The van der Waals surface area contributed by atoms with E-state index < -0.39 is 0 Å². The molecule has 0 aromatic carbocycles. The molecular weight excluding hydrogens is 328 g/mol. The highest BCUT2D eigenvalue weighted by atomic mass is 16.1. The number of imidazole rings is 1. The number of hydrogen-bond acceptors (Lipinski definition) is 4. The van der Waals surface area contributed by atoms with Crippen molar-refractivity contribution in [2.75, 3.05) is 25.5 Å². The average Bonchev–Trinajstić information content (AvgIpc) is 3.26. The van der Waals surface area contributed by atoms with Crippen molar-refractivity contribution in [3.8, 4) is 0 Å². The van der Waals surface area contributed by atoms with Gasteiger partial charge in [0.2, 0.25) is 5.91 Å². The zero-order valence-electron chi connectivity index (χ0n) is 14.8. The van der Waals surface area contributed by atoms with E-state index in [0.717, 1.165) is 48.7 Å². The lowest BCUT2D eigenvalue weighted by atomic mass is 9.91. The normalized spacial score (nSPS) is 21.7. The van der Waals surface area contributed by atoms with E-state index in [0.29, 0.717) is 12.5 Å². The molecule has 26 heavy (non-hydrogen) atoms. The number of pyridine rings is 1. The average molecular weight is 350 g/mol. The van der Waals surface area contributed by atoms with Crippen LogP contribution in [0.4, 0.5) is 5.82 Å². The highest BCUT2D eigenvalue weighted by Crippen LogP contribution is 2.39. The Morgan fingerprint density at radius 3 is 2.88 bits per heavy atom. The molecule has 7 nitrogen and oxygen atoms in total. The summed E-state index contributed by atoms with van der Waals surface area (Å²) in [6.07, 6.45) is 8.36. The Hall–Kier alpha value is -2.67. The highest BCUT2D eigenvalue weighted by Gasteiger charge is 2.33. The molecule has 1 atom stereocenters. The van der Waals surface area contributed by atoms with E-state index in [9.17, 15) is 4.79 Å². The number of likely N-dealkylation sites (tertiary alicyclic amines) is 1. The van der Waals surface area contributed by atoms with Gasteiger partial charge in [0.15, 0.2) is 0 Å². The Balaban J connectivity index is 1.56. The van der Waals surface area contributed by atoms with E-state index in [2.05, 4.69) is 31.7 Å². The first-order chi connectivity index (χ1) is 12.7. The molecule has 5 heterocycles. The van der Waals surface area contributed by atoms with Gasteiger partial charge in [0, 0.05) is 30.3 Å². The van der Waals surface area contributed by atoms with Crippen LogP contribution in [0, 0.1) is 0 Å². The second-order valence-corrected chi connectivity index (χ2v) is 7.34. The van der Waals surface area contributed by atoms with E-state index in [4.69, 9.17) is 0 Å². The van der Waals surface area contributed by atoms with Crippen molar-refractivity contribution in [1.82, 2.24) is 24.1 Å². The number of carbonyl (C=O) groups is 1. The lowest BCUT2D eigenvalue weighted by molar-refractivity contribution is -0.116. The molecule has 1 amide bonds. The minimum absolute atomic E-state index is 0.0174. The van der Waals surface area contributed by atoms with Gasteiger partial charge in [0.05, 0.1) is 17.9 Å². The number of anilines is 1. The standard InChI is InChI=1S/C19H22N6O/c1-23-8-5-13(6-9-23)25-19-15(11-21-25)14(10-18(26)22-19)16-12-20-17-4-2-3-7-24(16)17/h2-4,7,11-14H,5-6,8-10H2,1H3,(H,22,26). The second kappa shape index (κ2) is 5.95. The van der Waals surface area contributed by atoms with E-state index >= 15 is 0 Å². The lowest BCUT2D eigenvalue weighted by Crippen LogP contribution is -2.33. The lowest BCUT2D eigenvalue weighted by Gasteiger charge is -2.31. The maximum Gasteiger partial charge on any atom is 0.226 e. The van der Waals surface area contributed by atoms with Crippen molar-refractivity contribution in [3.63, 3.8) is 0 Å².